The van der Waals surface area contributed by atoms with Crippen molar-refractivity contribution in [3.63, 3.8) is 0 Å². The first-order chi connectivity index (χ1) is 10.4. The van der Waals surface area contributed by atoms with Crippen LogP contribution in [0.25, 0.3) is 0 Å². The van der Waals surface area contributed by atoms with E-state index < -0.39 is 12.0 Å². The van der Waals surface area contributed by atoms with E-state index in [0.717, 1.165) is 11.4 Å². The normalized spacial score (nSPS) is 11.8. The maximum atomic E-state index is 11.7. The van der Waals surface area contributed by atoms with Crippen LogP contribution in [0.3, 0.4) is 0 Å². The third kappa shape index (κ3) is 6.51. The minimum atomic E-state index is -0.989. The van der Waals surface area contributed by atoms with Crippen LogP contribution in [-0.4, -0.2) is 39.5 Å². The second kappa shape index (κ2) is 8.96. The summed E-state index contributed by atoms with van der Waals surface area (Å²) >= 11 is 0. The molecule has 1 atom stereocenters. The van der Waals surface area contributed by atoms with Crippen LogP contribution in [-0.2, 0) is 9.59 Å². The van der Waals surface area contributed by atoms with E-state index in [4.69, 9.17) is 5.11 Å². The number of carbonyl (C=O) groups excluding carboxylic acids is 1. The molecular weight excluding hydrogens is 284 g/mol. The van der Waals surface area contributed by atoms with Gasteiger partial charge in [0.1, 0.15) is 6.04 Å². The molecule has 0 aliphatic rings. The van der Waals surface area contributed by atoms with Crippen LogP contribution < -0.4 is 10.6 Å². The first-order valence-corrected chi connectivity index (χ1v) is 7.50. The largest absolute Gasteiger partial charge is 0.480 e. The number of hydrogen-bond donors (Lipinski definition) is 3. The number of amides is 1. The lowest BCUT2D eigenvalue weighted by atomic mass is 10.1. The lowest BCUT2D eigenvalue weighted by Gasteiger charge is -2.13. The number of rotatable bonds is 9. The molecular formula is C15H24N4O3. The Morgan fingerprint density at radius 3 is 2.45 bits per heavy atom. The summed E-state index contributed by atoms with van der Waals surface area (Å²) in [6.07, 6.45) is 2.00. The van der Waals surface area contributed by atoms with Crippen molar-refractivity contribution in [1.82, 2.24) is 15.3 Å². The Labute approximate surface area is 130 Å². The topological polar surface area (TPSA) is 104 Å². The molecule has 7 nitrogen and oxygen atoms in total. The molecule has 0 aliphatic carbocycles. The fraction of sp³-hybridized carbons (Fsp3) is 0.600. The highest BCUT2D eigenvalue weighted by Crippen LogP contribution is 2.04. The van der Waals surface area contributed by atoms with E-state index in [2.05, 4.69) is 20.6 Å². The number of nitrogens with one attached hydrogen (secondary N) is 2. The van der Waals surface area contributed by atoms with E-state index in [0.29, 0.717) is 31.8 Å². The van der Waals surface area contributed by atoms with E-state index in [-0.39, 0.29) is 12.3 Å². The average molecular weight is 308 g/mol. The van der Waals surface area contributed by atoms with Crippen molar-refractivity contribution in [2.24, 2.45) is 0 Å². The van der Waals surface area contributed by atoms with E-state index in [1.807, 2.05) is 26.8 Å². The van der Waals surface area contributed by atoms with Gasteiger partial charge in [0.25, 0.3) is 0 Å². The number of anilines is 1. The first-order valence-electron chi connectivity index (χ1n) is 7.50. The molecule has 0 aromatic carbocycles. The van der Waals surface area contributed by atoms with Crippen molar-refractivity contribution in [3.05, 3.63) is 17.5 Å². The summed E-state index contributed by atoms with van der Waals surface area (Å²) in [7, 11) is 0. The van der Waals surface area contributed by atoms with Gasteiger partial charge >= 0.3 is 5.97 Å². The molecule has 0 fully saturated rings. The molecule has 1 aromatic heterocycles. The maximum Gasteiger partial charge on any atom is 0.326 e. The number of aryl methyl sites for hydroxylation is 2. The number of carboxylic acids is 1. The molecule has 0 saturated carbocycles. The lowest BCUT2D eigenvalue weighted by Crippen LogP contribution is -2.40. The van der Waals surface area contributed by atoms with Gasteiger partial charge in [0, 0.05) is 24.4 Å². The Hall–Kier alpha value is -2.18. The fourth-order valence-electron chi connectivity index (χ4n) is 2.07. The Kier molecular flexibility index (Phi) is 7.28. The summed E-state index contributed by atoms with van der Waals surface area (Å²) in [6, 6.07) is 1.09. The van der Waals surface area contributed by atoms with Crippen molar-refractivity contribution in [1.29, 1.82) is 0 Å². The average Bonchev–Trinajstić information content (AvgIpc) is 2.42. The molecule has 122 valence electrons. The standard InChI is InChI=1S/C15H24N4O3/c1-4-6-12(14(21)22)19-13(20)7-5-8-16-15-17-10(2)9-11(3)18-15/h9,12H,4-8H2,1-3H3,(H,19,20)(H,21,22)(H,16,17,18). The molecule has 22 heavy (non-hydrogen) atoms. The minimum absolute atomic E-state index is 0.246. The van der Waals surface area contributed by atoms with Gasteiger partial charge in [-0.15, -0.1) is 0 Å². The summed E-state index contributed by atoms with van der Waals surface area (Å²) in [5.41, 5.74) is 1.77. The number of aliphatic carboxylic acids is 1. The van der Waals surface area contributed by atoms with Crippen LogP contribution in [0.2, 0.25) is 0 Å². The van der Waals surface area contributed by atoms with Gasteiger partial charge in [0.05, 0.1) is 0 Å². The predicted molar refractivity (Wildman–Crippen MR) is 83.7 cm³/mol. The molecule has 0 spiro atoms. The molecule has 1 unspecified atom stereocenters. The van der Waals surface area contributed by atoms with Crippen molar-refractivity contribution in [2.45, 2.75) is 52.5 Å². The third-order valence-electron chi connectivity index (χ3n) is 3.06. The molecule has 0 bridgehead atoms. The van der Waals surface area contributed by atoms with Crippen LogP contribution in [0.5, 0.6) is 0 Å². The van der Waals surface area contributed by atoms with Gasteiger partial charge in [-0.05, 0) is 32.8 Å². The Balaban J connectivity index is 2.31. The van der Waals surface area contributed by atoms with Crippen LogP contribution in [0.4, 0.5) is 5.95 Å². The van der Waals surface area contributed by atoms with Gasteiger partial charge < -0.3 is 15.7 Å². The molecule has 7 heteroatoms. The fourth-order valence-corrected chi connectivity index (χ4v) is 2.07. The van der Waals surface area contributed by atoms with Crippen LogP contribution in [0.15, 0.2) is 6.07 Å². The molecule has 0 saturated heterocycles. The second-order valence-corrected chi connectivity index (χ2v) is 5.25. The predicted octanol–water partition coefficient (Wildman–Crippen LogP) is 1.66. The first kappa shape index (κ1) is 17.9. The highest BCUT2D eigenvalue weighted by Gasteiger charge is 2.18. The highest BCUT2D eigenvalue weighted by molar-refractivity contribution is 5.83. The van der Waals surface area contributed by atoms with Crippen molar-refractivity contribution in [2.75, 3.05) is 11.9 Å². The Morgan fingerprint density at radius 1 is 1.27 bits per heavy atom. The molecule has 0 aliphatic heterocycles. The third-order valence-corrected chi connectivity index (χ3v) is 3.06. The molecule has 1 aromatic rings. The van der Waals surface area contributed by atoms with Crippen LogP contribution in [0, 0.1) is 13.8 Å². The lowest BCUT2D eigenvalue weighted by molar-refractivity contribution is -0.142. The van der Waals surface area contributed by atoms with Crippen molar-refractivity contribution >= 4 is 17.8 Å². The van der Waals surface area contributed by atoms with Gasteiger partial charge in [-0.25, -0.2) is 14.8 Å². The van der Waals surface area contributed by atoms with Gasteiger partial charge in [-0.3, -0.25) is 4.79 Å². The number of carboxylic acid groups (broad SMARTS) is 1. The van der Waals surface area contributed by atoms with E-state index >= 15 is 0 Å². The summed E-state index contributed by atoms with van der Waals surface area (Å²) in [4.78, 5) is 31.2. The number of hydrogen-bond acceptors (Lipinski definition) is 5. The Bertz CT molecular complexity index is 499. The van der Waals surface area contributed by atoms with Crippen LogP contribution in [0.1, 0.15) is 44.0 Å². The van der Waals surface area contributed by atoms with E-state index in [1.54, 1.807) is 0 Å². The zero-order valence-corrected chi connectivity index (χ0v) is 13.3. The monoisotopic (exact) mass is 308 g/mol. The summed E-state index contributed by atoms with van der Waals surface area (Å²) in [6.45, 7) is 6.23. The SMILES string of the molecule is CCCC(NC(=O)CCCNc1nc(C)cc(C)n1)C(=O)O. The van der Waals surface area contributed by atoms with Crippen LogP contribution >= 0.6 is 0 Å². The Morgan fingerprint density at radius 2 is 1.91 bits per heavy atom. The molecule has 1 rings (SSSR count). The van der Waals surface area contributed by atoms with Gasteiger partial charge in [-0.2, -0.15) is 0 Å². The summed E-state index contributed by atoms with van der Waals surface area (Å²) in [5, 5.41) is 14.6. The molecule has 3 N–H and O–H groups in total. The summed E-state index contributed by atoms with van der Waals surface area (Å²) < 4.78 is 0. The quantitative estimate of drug-likeness (QED) is 0.599. The second-order valence-electron chi connectivity index (χ2n) is 5.25. The molecule has 1 heterocycles. The smallest absolute Gasteiger partial charge is 0.326 e. The van der Waals surface area contributed by atoms with E-state index in [1.165, 1.54) is 0 Å². The molecule has 0 radical (unpaired) electrons. The number of aromatic nitrogens is 2. The minimum Gasteiger partial charge on any atom is -0.480 e. The van der Waals surface area contributed by atoms with Crippen molar-refractivity contribution < 1.29 is 14.7 Å². The van der Waals surface area contributed by atoms with Gasteiger partial charge in [0.2, 0.25) is 11.9 Å². The highest BCUT2D eigenvalue weighted by atomic mass is 16.4. The van der Waals surface area contributed by atoms with Crippen molar-refractivity contribution in [3.8, 4) is 0 Å². The zero-order valence-electron chi connectivity index (χ0n) is 13.3. The maximum absolute atomic E-state index is 11.7. The van der Waals surface area contributed by atoms with E-state index in [9.17, 15) is 9.59 Å². The summed E-state index contributed by atoms with van der Waals surface area (Å²) in [5.74, 6) is -0.687. The van der Waals surface area contributed by atoms with Gasteiger partial charge in [0.15, 0.2) is 0 Å². The zero-order chi connectivity index (χ0) is 16.5. The van der Waals surface area contributed by atoms with Gasteiger partial charge in [-0.1, -0.05) is 13.3 Å². The molecule has 1 amide bonds. The number of carbonyl (C=O) groups is 2. The number of nitrogens with zero attached hydrogens (tertiary/aromatic N) is 2.